The van der Waals surface area contributed by atoms with Gasteiger partial charge in [-0.25, -0.2) is 4.39 Å². The van der Waals surface area contributed by atoms with E-state index >= 15 is 0 Å². The van der Waals surface area contributed by atoms with Gasteiger partial charge in [0.2, 0.25) is 0 Å². The predicted molar refractivity (Wildman–Crippen MR) is 105 cm³/mol. The van der Waals surface area contributed by atoms with Crippen LogP contribution in [0.3, 0.4) is 0 Å². The average Bonchev–Trinajstić information content (AvgIpc) is 2.64. The lowest BCUT2D eigenvalue weighted by Crippen LogP contribution is -2.32. The maximum atomic E-state index is 13.1. The summed E-state index contributed by atoms with van der Waals surface area (Å²) in [6.07, 6.45) is 0. The van der Waals surface area contributed by atoms with Gasteiger partial charge in [0.1, 0.15) is 11.6 Å². The fraction of sp³-hybridized carbons (Fsp3) is 0.316. The average molecular weight is 395 g/mol. The number of benzene rings is 2. The van der Waals surface area contributed by atoms with Crippen molar-refractivity contribution in [1.29, 1.82) is 0 Å². The Balaban J connectivity index is 1.51. The summed E-state index contributed by atoms with van der Waals surface area (Å²) in [7, 11) is 0. The standard InChI is InChI=1S/C19H20ClFN2O2S/c20-17-11-16(4-5-18(17)21)25-13-19(24)22-15-3-1-2-14(10-15)12-23-6-8-26-9-7-23/h1-5,10-11H,6-9,12-13H2,(H,22,24). The molecule has 1 N–H and O–H groups in total. The summed E-state index contributed by atoms with van der Waals surface area (Å²) in [6.45, 7) is 2.90. The molecule has 1 aliphatic heterocycles. The van der Waals surface area contributed by atoms with E-state index in [1.807, 2.05) is 30.0 Å². The zero-order chi connectivity index (χ0) is 18.4. The SMILES string of the molecule is O=C(COc1ccc(F)c(Cl)c1)Nc1cccc(CN2CCSCC2)c1. The fourth-order valence-corrected chi connectivity index (χ4v) is 3.83. The molecule has 0 atom stereocenters. The molecule has 0 unspecified atom stereocenters. The van der Waals surface area contributed by atoms with Crippen LogP contribution in [0.5, 0.6) is 5.75 Å². The van der Waals surface area contributed by atoms with E-state index < -0.39 is 5.82 Å². The Labute approximate surface area is 161 Å². The number of carbonyl (C=O) groups excluding carboxylic acids is 1. The lowest BCUT2D eigenvalue weighted by molar-refractivity contribution is -0.118. The molecule has 26 heavy (non-hydrogen) atoms. The Bertz CT molecular complexity index is 769. The third kappa shape index (κ3) is 5.62. The van der Waals surface area contributed by atoms with Crippen LogP contribution in [0.4, 0.5) is 10.1 Å². The number of amides is 1. The smallest absolute Gasteiger partial charge is 0.262 e. The highest BCUT2D eigenvalue weighted by atomic mass is 35.5. The van der Waals surface area contributed by atoms with Crippen LogP contribution in [0.1, 0.15) is 5.56 Å². The minimum Gasteiger partial charge on any atom is -0.484 e. The van der Waals surface area contributed by atoms with Crippen LogP contribution in [-0.2, 0) is 11.3 Å². The number of hydrogen-bond acceptors (Lipinski definition) is 4. The topological polar surface area (TPSA) is 41.6 Å². The lowest BCUT2D eigenvalue weighted by atomic mass is 10.2. The Morgan fingerprint density at radius 3 is 2.81 bits per heavy atom. The van der Waals surface area contributed by atoms with E-state index in [1.165, 1.54) is 35.3 Å². The minimum absolute atomic E-state index is 0.0354. The van der Waals surface area contributed by atoms with E-state index in [1.54, 1.807) is 0 Å². The minimum atomic E-state index is -0.521. The number of nitrogens with one attached hydrogen (secondary N) is 1. The van der Waals surface area contributed by atoms with Gasteiger partial charge in [0.25, 0.3) is 5.91 Å². The van der Waals surface area contributed by atoms with E-state index in [0.29, 0.717) is 5.75 Å². The van der Waals surface area contributed by atoms with Gasteiger partial charge in [-0.1, -0.05) is 23.7 Å². The number of carbonyl (C=O) groups is 1. The molecular formula is C19H20ClFN2O2S. The second-order valence-electron chi connectivity index (χ2n) is 6.00. The van der Waals surface area contributed by atoms with Crippen LogP contribution in [0.15, 0.2) is 42.5 Å². The first-order valence-electron chi connectivity index (χ1n) is 8.37. The normalized spacial score (nSPS) is 14.8. The van der Waals surface area contributed by atoms with Crippen molar-refractivity contribution in [2.45, 2.75) is 6.54 Å². The summed E-state index contributed by atoms with van der Waals surface area (Å²) in [6, 6.07) is 11.8. The van der Waals surface area contributed by atoms with Crippen LogP contribution >= 0.6 is 23.4 Å². The van der Waals surface area contributed by atoms with Gasteiger partial charge in [0.05, 0.1) is 5.02 Å². The second kappa shape index (κ2) is 9.26. The van der Waals surface area contributed by atoms with Gasteiger partial charge < -0.3 is 10.1 Å². The number of thioether (sulfide) groups is 1. The zero-order valence-electron chi connectivity index (χ0n) is 14.2. The van der Waals surface area contributed by atoms with Crippen molar-refractivity contribution in [3.8, 4) is 5.75 Å². The summed E-state index contributed by atoms with van der Waals surface area (Å²) >= 11 is 7.68. The van der Waals surface area contributed by atoms with Crippen molar-refractivity contribution in [2.24, 2.45) is 0 Å². The Morgan fingerprint density at radius 1 is 1.23 bits per heavy atom. The van der Waals surface area contributed by atoms with E-state index in [-0.39, 0.29) is 17.5 Å². The molecule has 0 aliphatic carbocycles. The molecule has 138 valence electrons. The molecule has 0 saturated carbocycles. The predicted octanol–water partition coefficient (Wildman–Crippen LogP) is 4.05. The zero-order valence-corrected chi connectivity index (χ0v) is 15.8. The molecular weight excluding hydrogens is 375 g/mol. The molecule has 0 bridgehead atoms. The molecule has 3 rings (SSSR count). The van der Waals surface area contributed by atoms with Gasteiger partial charge in [0, 0.05) is 42.9 Å². The molecule has 0 radical (unpaired) electrons. The third-order valence-corrected chi connectivity index (χ3v) is 5.21. The van der Waals surface area contributed by atoms with E-state index in [0.717, 1.165) is 25.3 Å². The fourth-order valence-electron chi connectivity index (χ4n) is 2.68. The molecule has 7 heteroatoms. The molecule has 2 aromatic rings. The Kier molecular flexibility index (Phi) is 6.77. The third-order valence-electron chi connectivity index (χ3n) is 3.98. The van der Waals surface area contributed by atoms with Crippen molar-refractivity contribution >= 4 is 35.0 Å². The van der Waals surface area contributed by atoms with Crippen LogP contribution in [0.2, 0.25) is 5.02 Å². The highest BCUT2D eigenvalue weighted by molar-refractivity contribution is 7.99. The van der Waals surface area contributed by atoms with Gasteiger partial charge in [-0.15, -0.1) is 0 Å². The highest BCUT2D eigenvalue weighted by Crippen LogP contribution is 2.21. The highest BCUT2D eigenvalue weighted by Gasteiger charge is 2.11. The molecule has 1 fully saturated rings. The first kappa shape index (κ1) is 19.0. The summed E-state index contributed by atoms with van der Waals surface area (Å²) in [5, 5.41) is 2.79. The number of nitrogens with zero attached hydrogens (tertiary/aromatic N) is 1. The summed E-state index contributed by atoms with van der Waals surface area (Å²) < 4.78 is 18.5. The van der Waals surface area contributed by atoms with E-state index in [9.17, 15) is 9.18 Å². The van der Waals surface area contributed by atoms with Gasteiger partial charge in [-0.3, -0.25) is 9.69 Å². The van der Waals surface area contributed by atoms with Gasteiger partial charge >= 0.3 is 0 Å². The van der Waals surface area contributed by atoms with Crippen LogP contribution in [0.25, 0.3) is 0 Å². The molecule has 1 aliphatic rings. The first-order valence-corrected chi connectivity index (χ1v) is 9.90. The van der Waals surface area contributed by atoms with Gasteiger partial charge in [-0.05, 0) is 29.8 Å². The summed E-state index contributed by atoms with van der Waals surface area (Å²) in [4.78, 5) is 14.5. The molecule has 0 spiro atoms. The van der Waals surface area contributed by atoms with Crippen LogP contribution in [0, 0.1) is 5.82 Å². The van der Waals surface area contributed by atoms with Crippen molar-refractivity contribution < 1.29 is 13.9 Å². The van der Waals surface area contributed by atoms with E-state index in [2.05, 4.69) is 16.3 Å². The molecule has 0 aromatic heterocycles. The lowest BCUT2D eigenvalue weighted by Gasteiger charge is -2.26. The Hall–Kier alpha value is -1.76. The summed E-state index contributed by atoms with van der Waals surface area (Å²) in [5.41, 5.74) is 1.90. The number of rotatable bonds is 6. The first-order chi connectivity index (χ1) is 12.6. The number of anilines is 1. The molecule has 1 heterocycles. The quantitative estimate of drug-likeness (QED) is 0.802. The van der Waals surface area contributed by atoms with Gasteiger partial charge in [0.15, 0.2) is 6.61 Å². The van der Waals surface area contributed by atoms with Gasteiger partial charge in [-0.2, -0.15) is 11.8 Å². The van der Waals surface area contributed by atoms with Crippen molar-refractivity contribution in [3.05, 3.63) is 58.9 Å². The molecule has 1 amide bonds. The molecule has 2 aromatic carbocycles. The summed E-state index contributed by atoms with van der Waals surface area (Å²) in [5.74, 6) is 1.88. The van der Waals surface area contributed by atoms with Crippen molar-refractivity contribution in [2.75, 3.05) is 36.5 Å². The monoisotopic (exact) mass is 394 g/mol. The second-order valence-corrected chi connectivity index (χ2v) is 7.63. The van der Waals surface area contributed by atoms with E-state index in [4.69, 9.17) is 16.3 Å². The largest absolute Gasteiger partial charge is 0.484 e. The number of halogens is 2. The van der Waals surface area contributed by atoms with Crippen molar-refractivity contribution in [3.63, 3.8) is 0 Å². The molecule has 1 saturated heterocycles. The molecule has 4 nitrogen and oxygen atoms in total. The Morgan fingerprint density at radius 2 is 2.04 bits per heavy atom. The van der Waals surface area contributed by atoms with Crippen molar-refractivity contribution in [1.82, 2.24) is 4.90 Å². The van der Waals surface area contributed by atoms with Crippen LogP contribution in [-0.4, -0.2) is 42.0 Å². The number of ether oxygens (including phenoxy) is 1. The maximum Gasteiger partial charge on any atom is 0.262 e. The number of hydrogen-bond donors (Lipinski definition) is 1. The maximum absolute atomic E-state index is 13.1. The van der Waals surface area contributed by atoms with Crippen LogP contribution < -0.4 is 10.1 Å².